The summed E-state index contributed by atoms with van der Waals surface area (Å²) >= 11 is 0. The maximum atomic E-state index is 13.4. The molecule has 1 aromatic carbocycles. The molecule has 7 heteroatoms. The number of aryl methyl sites for hydroxylation is 1. The van der Waals surface area contributed by atoms with Crippen LogP contribution in [0.25, 0.3) is 11.4 Å². The number of halogens is 1. The van der Waals surface area contributed by atoms with Gasteiger partial charge in [-0.2, -0.15) is 4.98 Å². The SMILES string of the molecule is CC[C@H]1C(=O)NCCCN1Cc1nc(-c2ccc(F)c(C)c2)no1. The fourth-order valence-corrected chi connectivity index (χ4v) is 2.96. The van der Waals surface area contributed by atoms with E-state index in [1.807, 2.05) is 6.92 Å². The summed E-state index contributed by atoms with van der Waals surface area (Å²) in [5.74, 6) is 0.674. The molecule has 1 N–H and O–H groups in total. The van der Waals surface area contributed by atoms with E-state index in [9.17, 15) is 9.18 Å². The van der Waals surface area contributed by atoms with Gasteiger partial charge < -0.3 is 9.84 Å². The minimum Gasteiger partial charge on any atom is -0.355 e. The van der Waals surface area contributed by atoms with Gasteiger partial charge >= 0.3 is 0 Å². The molecule has 1 fully saturated rings. The highest BCUT2D eigenvalue weighted by Crippen LogP contribution is 2.20. The summed E-state index contributed by atoms with van der Waals surface area (Å²) in [5, 5.41) is 6.90. The van der Waals surface area contributed by atoms with Crippen molar-refractivity contribution in [3.05, 3.63) is 35.5 Å². The van der Waals surface area contributed by atoms with Crippen molar-refractivity contribution in [2.24, 2.45) is 0 Å². The lowest BCUT2D eigenvalue weighted by Gasteiger charge is -2.25. The molecule has 1 saturated heterocycles. The Bertz CT molecular complexity index is 731. The van der Waals surface area contributed by atoms with Crippen LogP contribution in [0, 0.1) is 12.7 Å². The number of aromatic nitrogens is 2. The predicted octanol–water partition coefficient (Wildman–Crippen LogP) is 2.28. The van der Waals surface area contributed by atoms with Gasteiger partial charge in [-0.05, 0) is 43.5 Å². The highest BCUT2D eigenvalue weighted by Gasteiger charge is 2.27. The molecule has 0 spiro atoms. The van der Waals surface area contributed by atoms with Gasteiger partial charge in [0.15, 0.2) is 0 Å². The standard InChI is InChI=1S/C17H21FN4O2/c1-3-14-17(23)19-7-4-8-22(14)10-15-20-16(21-24-15)12-5-6-13(18)11(2)9-12/h5-6,9,14H,3-4,7-8,10H2,1-2H3,(H,19,23)/t14-/m0/s1. The minimum absolute atomic E-state index is 0.0453. The molecule has 0 bridgehead atoms. The van der Waals surface area contributed by atoms with Gasteiger partial charge in [-0.15, -0.1) is 0 Å². The van der Waals surface area contributed by atoms with Crippen molar-refractivity contribution in [1.29, 1.82) is 0 Å². The van der Waals surface area contributed by atoms with Crippen molar-refractivity contribution in [3.8, 4) is 11.4 Å². The van der Waals surface area contributed by atoms with Crippen LogP contribution < -0.4 is 5.32 Å². The van der Waals surface area contributed by atoms with Gasteiger partial charge in [-0.3, -0.25) is 9.69 Å². The lowest BCUT2D eigenvalue weighted by molar-refractivity contribution is -0.125. The lowest BCUT2D eigenvalue weighted by atomic mass is 10.1. The maximum absolute atomic E-state index is 13.4. The van der Waals surface area contributed by atoms with Crippen LogP contribution in [-0.4, -0.2) is 40.1 Å². The second kappa shape index (κ2) is 7.09. The number of rotatable bonds is 4. The number of hydrogen-bond donors (Lipinski definition) is 1. The van der Waals surface area contributed by atoms with E-state index in [1.165, 1.54) is 6.07 Å². The van der Waals surface area contributed by atoms with Crippen molar-refractivity contribution >= 4 is 5.91 Å². The summed E-state index contributed by atoms with van der Waals surface area (Å²) in [4.78, 5) is 18.5. The zero-order valence-corrected chi connectivity index (χ0v) is 13.9. The number of amides is 1. The Morgan fingerprint density at radius 3 is 3.04 bits per heavy atom. The molecule has 0 radical (unpaired) electrons. The third-order valence-electron chi connectivity index (χ3n) is 4.27. The van der Waals surface area contributed by atoms with Gasteiger partial charge in [0, 0.05) is 18.7 Å². The number of carbonyl (C=O) groups is 1. The van der Waals surface area contributed by atoms with E-state index in [0.29, 0.717) is 35.9 Å². The third-order valence-corrected chi connectivity index (χ3v) is 4.27. The van der Waals surface area contributed by atoms with Gasteiger partial charge in [0.1, 0.15) is 5.82 Å². The Kier molecular flexibility index (Phi) is 4.89. The van der Waals surface area contributed by atoms with Crippen LogP contribution in [0.3, 0.4) is 0 Å². The summed E-state index contributed by atoms with van der Waals surface area (Å²) in [6.07, 6.45) is 1.62. The van der Waals surface area contributed by atoms with Gasteiger partial charge in [0.05, 0.1) is 12.6 Å². The smallest absolute Gasteiger partial charge is 0.241 e. The number of carbonyl (C=O) groups excluding carboxylic acids is 1. The number of nitrogens with zero attached hydrogens (tertiary/aromatic N) is 3. The second-order valence-corrected chi connectivity index (χ2v) is 6.01. The zero-order valence-electron chi connectivity index (χ0n) is 13.9. The first kappa shape index (κ1) is 16.6. The van der Waals surface area contributed by atoms with E-state index in [-0.39, 0.29) is 17.8 Å². The summed E-state index contributed by atoms with van der Waals surface area (Å²) in [6, 6.07) is 4.53. The van der Waals surface area contributed by atoms with Crippen LogP contribution in [-0.2, 0) is 11.3 Å². The maximum Gasteiger partial charge on any atom is 0.241 e. The lowest BCUT2D eigenvalue weighted by Crippen LogP contribution is -2.43. The first-order valence-electron chi connectivity index (χ1n) is 8.19. The summed E-state index contributed by atoms with van der Waals surface area (Å²) in [6.45, 7) is 5.60. The largest absolute Gasteiger partial charge is 0.355 e. The van der Waals surface area contributed by atoms with E-state index >= 15 is 0 Å². The molecule has 1 aliphatic rings. The van der Waals surface area contributed by atoms with Crippen LogP contribution in [0.2, 0.25) is 0 Å². The molecule has 6 nitrogen and oxygen atoms in total. The fourth-order valence-electron chi connectivity index (χ4n) is 2.96. The molecule has 2 heterocycles. The van der Waals surface area contributed by atoms with Crippen LogP contribution in [0.1, 0.15) is 31.2 Å². The van der Waals surface area contributed by atoms with Crippen LogP contribution in [0.5, 0.6) is 0 Å². The van der Waals surface area contributed by atoms with Gasteiger partial charge in [-0.25, -0.2) is 4.39 Å². The van der Waals surface area contributed by atoms with E-state index < -0.39 is 0 Å². The van der Waals surface area contributed by atoms with Crippen molar-refractivity contribution in [2.45, 2.75) is 39.3 Å². The Labute approximate surface area is 140 Å². The molecule has 1 amide bonds. The van der Waals surface area contributed by atoms with Crippen LogP contribution in [0.4, 0.5) is 4.39 Å². The summed E-state index contributed by atoms with van der Waals surface area (Å²) in [7, 11) is 0. The average molecular weight is 332 g/mol. The van der Waals surface area contributed by atoms with Gasteiger partial charge in [-0.1, -0.05) is 12.1 Å². The number of nitrogens with one attached hydrogen (secondary N) is 1. The normalized spacial score (nSPS) is 19.1. The highest BCUT2D eigenvalue weighted by atomic mass is 19.1. The zero-order chi connectivity index (χ0) is 17.1. The van der Waals surface area contributed by atoms with Crippen molar-refractivity contribution < 1.29 is 13.7 Å². The molecule has 0 aliphatic carbocycles. The van der Waals surface area contributed by atoms with Gasteiger partial charge in [0.2, 0.25) is 17.6 Å². The average Bonchev–Trinajstić information content (AvgIpc) is 2.95. The molecule has 1 aromatic heterocycles. The third kappa shape index (κ3) is 3.46. The first-order chi connectivity index (χ1) is 11.6. The van der Waals surface area contributed by atoms with E-state index in [0.717, 1.165) is 19.4 Å². The van der Waals surface area contributed by atoms with Crippen LogP contribution >= 0.6 is 0 Å². The second-order valence-electron chi connectivity index (χ2n) is 6.01. The number of benzene rings is 1. The molecule has 24 heavy (non-hydrogen) atoms. The molecule has 2 aromatic rings. The predicted molar refractivity (Wildman–Crippen MR) is 86.5 cm³/mol. The van der Waals surface area contributed by atoms with E-state index in [1.54, 1.807) is 19.1 Å². The quantitative estimate of drug-likeness (QED) is 0.930. The molecule has 1 atom stereocenters. The van der Waals surface area contributed by atoms with Crippen molar-refractivity contribution in [3.63, 3.8) is 0 Å². The molecular formula is C17H21FN4O2. The highest BCUT2D eigenvalue weighted by molar-refractivity contribution is 5.81. The van der Waals surface area contributed by atoms with Crippen molar-refractivity contribution in [1.82, 2.24) is 20.4 Å². The van der Waals surface area contributed by atoms with Crippen molar-refractivity contribution in [2.75, 3.05) is 13.1 Å². The van der Waals surface area contributed by atoms with Gasteiger partial charge in [0.25, 0.3) is 0 Å². The monoisotopic (exact) mass is 332 g/mol. The number of hydrogen-bond acceptors (Lipinski definition) is 5. The minimum atomic E-state index is -0.260. The Morgan fingerprint density at radius 1 is 1.46 bits per heavy atom. The molecule has 0 saturated carbocycles. The molecular weight excluding hydrogens is 311 g/mol. The molecule has 0 unspecified atom stereocenters. The topological polar surface area (TPSA) is 71.3 Å². The first-order valence-corrected chi connectivity index (χ1v) is 8.19. The van der Waals surface area contributed by atoms with Crippen LogP contribution in [0.15, 0.2) is 22.7 Å². The van der Waals surface area contributed by atoms with E-state index in [4.69, 9.17) is 4.52 Å². The molecule has 128 valence electrons. The molecule has 3 rings (SSSR count). The fraction of sp³-hybridized carbons (Fsp3) is 0.471. The summed E-state index contributed by atoms with van der Waals surface area (Å²) < 4.78 is 18.7. The Morgan fingerprint density at radius 2 is 2.29 bits per heavy atom. The van der Waals surface area contributed by atoms with E-state index in [2.05, 4.69) is 20.4 Å². The summed E-state index contributed by atoms with van der Waals surface area (Å²) in [5.41, 5.74) is 1.25. The Balaban J connectivity index is 1.77. The molecule has 1 aliphatic heterocycles. The Hall–Kier alpha value is -2.28.